The number of benzene rings is 2. The maximum absolute atomic E-state index is 13.0. The minimum Gasteiger partial charge on any atom is -0.479 e. The van der Waals surface area contributed by atoms with Gasteiger partial charge >= 0.3 is 11.9 Å². The predicted molar refractivity (Wildman–Crippen MR) is 121 cm³/mol. The van der Waals surface area contributed by atoms with Crippen molar-refractivity contribution in [3.05, 3.63) is 88.2 Å². The quantitative estimate of drug-likeness (QED) is 0.398. The Labute approximate surface area is 194 Å². The van der Waals surface area contributed by atoms with Crippen LogP contribution in [0.3, 0.4) is 0 Å². The highest BCUT2D eigenvalue weighted by Crippen LogP contribution is 2.25. The molecule has 0 unspecified atom stereocenters. The molecule has 0 radical (unpaired) electrons. The second kappa shape index (κ2) is 10.2. The number of rotatable bonds is 8. The van der Waals surface area contributed by atoms with E-state index in [1.54, 1.807) is 55.5 Å². The van der Waals surface area contributed by atoms with Crippen LogP contribution in [0.2, 0.25) is 5.02 Å². The number of carbonyl (C=O) groups is 3. The van der Waals surface area contributed by atoms with Crippen molar-refractivity contribution in [1.82, 2.24) is 10.3 Å². The van der Waals surface area contributed by atoms with Gasteiger partial charge in [-0.2, -0.15) is 0 Å². The Bertz CT molecular complexity index is 1210. The van der Waals surface area contributed by atoms with Crippen molar-refractivity contribution in [2.24, 2.45) is 0 Å². The molecule has 0 aliphatic rings. The second-order valence-corrected chi connectivity index (χ2v) is 7.80. The van der Waals surface area contributed by atoms with Crippen LogP contribution in [0.4, 0.5) is 0 Å². The van der Waals surface area contributed by atoms with Crippen molar-refractivity contribution in [1.29, 1.82) is 0 Å². The summed E-state index contributed by atoms with van der Waals surface area (Å²) in [6.07, 6.45) is -1.92. The Balaban J connectivity index is 1.94. The molecule has 4 N–H and O–H groups in total. The molecule has 1 amide bonds. The van der Waals surface area contributed by atoms with E-state index >= 15 is 0 Å². The van der Waals surface area contributed by atoms with E-state index in [9.17, 15) is 29.7 Å². The number of amides is 1. The summed E-state index contributed by atoms with van der Waals surface area (Å²) in [4.78, 5) is 40.2. The monoisotopic (exact) mass is 468 g/mol. The van der Waals surface area contributed by atoms with Gasteiger partial charge < -0.3 is 20.6 Å². The molecular weight excluding hydrogens is 448 g/mol. The Kier molecular flexibility index (Phi) is 7.42. The summed E-state index contributed by atoms with van der Waals surface area (Å²) < 4.78 is 0. The minimum atomic E-state index is -1.89. The molecule has 3 rings (SSSR count). The first-order chi connectivity index (χ1) is 15.7. The number of aromatic carboxylic acids is 1. The summed E-state index contributed by atoms with van der Waals surface area (Å²) >= 11 is 6.15. The summed E-state index contributed by atoms with van der Waals surface area (Å²) in [5, 5.41) is 31.9. The number of carbonyl (C=O) groups excluding carboxylic acids is 1. The average molecular weight is 469 g/mol. The van der Waals surface area contributed by atoms with Crippen molar-refractivity contribution in [2.45, 2.75) is 25.5 Å². The lowest BCUT2D eigenvalue weighted by Crippen LogP contribution is -2.48. The highest BCUT2D eigenvalue weighted by atomic mass is 35.5. The zero-order valence-corrected chi connectivity index (χ0v) is 18.3. The van der Waals surface area contributed by atoms with Crippen LogP contribution in [-0.4, -0.2) is 50.3 Å². The number of hydrogen-bond donors (Lipinski definition) is 4. The van der Waals surface area contributed by atoms with Gasteiger partial charge in [0.25, 0.3) is 5.91 Å². The fourth-order valence-corrected chi connectivity index (χ4v) is 3.63. The fourth-order valence-electron chi connectivity index (χ4n) is 3.42. The smallest absolute Gasteiger partial charge is 0.336 e. The van der Waals surface area contributed by atoms with E-state index in [-0.39, 0.29) is 17.7 Å². The van der Waals surface area contributed by atoms with Crippen molar-refractivity contribution in [3.63, 3.8) is 0 Å². The molecule has 0 spiro atoms. The maximum atomic E-state index is 13.0. The molecule has 0 aliphatic carbocycles. The largest absolute Gasteiger partial charge is 0.479 e. The molecule has 0 saturated heterocycles. The Hall–Kier alpha value is -3.75. The van der Waals surface area contributed by atoms with Crippen molar-refractivity contribution in [2.75, 3.05) is 0 Å². The molecule has 2 atom stereocenters. The summed E-state index contributed by atoms with van der Waals surface area (Å²) in [5.41, 5.74) is 1.89. The molecule has 1 aromatic heterocycles. The van der Waals surface area contributed by atoms with Gasteiger partial charge in [0.05, 0.1) is 11.6 Å². The first-order valence-corrected chi connectivity index (χ1v) is 10.3. The molecule has 0 saturated carbocycles. The number of aliphatic carboxylic acids is 1. The van der Waals surface area contributed by atoms with Gasteiger partial charge in [0.15, 0.2) is 6.10 Å². The minimum absolute atomic E-state index is 0.0284. The van der Waals surface area contributed by atoms with Crippen LogP contribution in [0, 0.1) is 6.92 Å². The summed E-state index contributed by atoms with van der Waals surface area (Å²) in [5.74, 6) is -3.33. The second-order valence-electron chi connectivity index (χ2n) is 7.39. The topological polar surface area (TPSA) is 137 Å². The molecule has 0 aliphatic heterocycles. The molecule has 0 fully saturated rings. The first-order valence-electron chi connectivity index (χ1n) is 9.94. The zero-order valence-electron chi connectivity index (χ0n) is 17.5. The standard InChI is InChI=1S/C24H21ClN2O6/c1-13-10-15(16-7-3-4-8-17(16)23(30)31)12-20(26-13)22(29)27-19(21(28)24(32)33)11-14-6-2-5-9-18(14)25/h2-10,12,19,21,28H,11H2,1H3,(H,27,29)(H,30,31)(H,32,33)/t19-,21-/m1/s1. The molecule has 1 heterocycles. The van der Waals surface area contributed by atoms with Crippen LogP contribution >= 0.6 is 11.6 Å². The summed E-state index contributed by atoms with van der Waals surface area (Å²) in [6.45, 7) is 1.65. The van der Waals surface area contributed by atoms with Gasteiger partial charge in [-0.25, -0.2) is 14.6 Å². The number of hydrogen-bond acceptors (Lipinski definition) is 5. The molecule has 8 nitrogen and oxygen atoms in total. The van der Waals surface area contributed by atoms with E-state index in [1.165, 1.54) is 12.1 Å². The van der Waals surface area contributed by atoms with Crippen LogP contribution in [0.25, 0.3) is 11.1 Å². The van der Waals surface area contributed by atoms with Crippen LogP contribution in [0.1, 0.15) is 32.1 Å². The van der Waals surface area contributed by atoms with Gasteiger partial charge in [0.2, 0.25) is 0 Å². The number of halogens is 1. The number of aromatic nitrogens is 1. The fraction of sp³-hybridized carbons (Fsp3) is 0.167. The summed E-state index contributed by atoms with van der Waals surface area (Å²) in [7, 11) is 0. The lowest BCUT2D eigenvalue weighted by atomic mass is 9.98. The van der Waals surface area contributed by atoms with E-state index in [2.05, 4.69) is 10.3 Å². The molecule has 170 valence electrons. The number of nitrogens with zero attached hydrogens (tertiary/aromatic N) is 1. The lowest BCUT2D eigenvalue weighted by molar-refractivity contribution is -0.148. The van der Waals surface area contributed by atoms with Crippen molar-refractivity contribution in [3.8, 4) is 11.1 Å². The van der Waals surface area contributed by atoms with Crippen LogP contribution in [0.15, 0.2) is 60.7 Å². The number of carboxylic acids is 2. The zero-order chi connectivity index (χ0) is 24.1. The number of pyridine rings is 1. The predicted octanol–water partition coefficient (Wildman–Crippen LogP) is 3.20. The van der Waals surface area contributed by atoms with Crippen molar-refractivity contribution < 1.29 is 29.7 Å². The van der Waals surface area contributed by atoms with E-state index in [0.29, 0.717) is 27.4 Å². The van der Waals surface area contributed by atoms with Crippen molar-refractivity contribution >= 4 is 29.4 Å². The van der Waals surface area contributed by atoms with Crippen LogP contribution in [0.5, 0.6) is 0 Å². The first kappa shape index (κ1) is 23.9. The Morgan fingerprint density at radius 2 is 1.70 bits per heavy atom. The van der Waals surface area contributed by atoms with Crippen LogP contribution < -0.4 is 5.32 Å². The number of aliphatic hydroxyl groups excluding tert-OH is 1. The molecule has 2 aromatic carbocycles. The molecule has 3 aromatic rings. The number of carboxylic acid groups (broad SMARTS) is 2. The third-order valence-electron chi connectivity index (χ3n) is 5.00. The van der Waals surface area contributed by atoms with Gasteiger partial charge in [0.1, 0.15) is 5.69 Å². The Morgan fingerprint density at radius 3 is 2.36 bits per heavy atom. The van der Waals surface area contributed by atoms with Gasteiger partial charge in [-0.05, 0) is 54.3 Å². The normalized spacial score (nSPS) is 12.6. The van der Waals surface area contributed by atoms with E-state index in [1.807, 2.05) is 0 Å². The van der Waals surface area contributed by atoms with E-state index in [4.69, 9.17) is 11.6 Å². The van der Waals surface area contributed by atoms with Gasteiger partial charge in [-0.15, -0.1) is 0 Å². The molecule has 0 bridgehead atoms. The van der Waals surface area contributed by atoms with E-state index < -0.39 is 30.0 Å². The Morgan fingerprint density at radius 1 is 1.03 bits per heavy atom. The SMILES string of the molecule is Cc1cc(-c2ccccc2C(=O)O)cc(C(=O)N[C@H](Cc2ccccc2Cl)[C@@H](O)C(=O)O)n1. The maximum Gasteiger partial charge on any atom is 0.336 e. The summed E-state index contributed by atoms with van der Waals surface area (Å²) in [6, 6.07) is 14.9. The van der Waals surface area contributed by atoms with Crippen LogP contribution in [-0.2, 0) is 11.2 Å². The highest BCUT2D eigenvalue weighted by molar-refractivity contribution is 6.31. The number of aryl methyl sites for hydroxylation is 1. The molecule has 9 heteroatoms. The average Bonchev–Trinajstić information content (AvgIpc) is 2.78. The highest BCUT2D eigenvalue weighted by Gasteiger charge is 2.29. The third-order valence-corrected chi connectivity index (χ3v) is 5.37. The van der Waals surface area contributed by atoms with Gasteiger partial charge in [-0.1, -0.05) is 48.0 Å². The van der Waals surface area contributed by atoms with E-state index in [0.717, 1.165) is 0 Å². The number of aliphatic hydroxyl groups is 1. The molecule has 33 heavy (non-hydrogen) atoms. The molecular formula is C24H21ClN2O6. The number of nitrogens with one attached hydrogen (secondary N) is 1. The van der Waals surface area contributed by atoms with Gasteiger partial charge in [0, 0.05) is 10.7 Å². The lowest BCUT2D eigenvalue weighted by Gasteiger charge is -2.22. The van der Waals surface area contributed by atoms with Gasteiger partial charge in [-0.3, -0.25) is 4.79 Å². The third kappa shape index (κ3) is 5.74.